The molecule has 0 spiro atoms. The van der Waals surface area contributed by atoms with Gasteiger partial charge in [-0.1, -0.05) is 66.7 Å². The predicted octanol–water partition coefficient (Wildman–Crippen LogP) is 4.44. The lowest BCUT2D eigenvalue weighted by atomic mass is 10.0. The molecule has 0 saturated carbocycles. The van der Waals surface area contributed by atoms with Crippen LogP contribution in [-0.2, 0) is 18.4 Å². The van der Waals surface area contributed by atoms with Gasteiger partial charge in [-0.2, -0.15) is 5.10 Å². The summed E-state index contributed by atoms with van der Waals surface area (Å²) in [5.41, 5.74) is 4.49. The van der Waals surface area contributed by atoms with E-state index in [0.717, 1.165) is 22.2 Å². The maximum atomic E-state index is 13.9. The summed E-state index contributed by atoms with van der Waals surface area (Å²) in [6.07, 6.45) is -0.971. The van der Waals surface area contributed by atoms with E-state index in [1.165, 1.54) is 0 Å². The van der Waals surface area contributed by atoms with Crippen LogP contribution in [0.2, 0.25) is 0 Å². The Kier molecular flexibility index (Phi) is 5.44. The van der Waals surface area contributed by atoms with Gasteiger partial charge in [0.05, 0.1) is 12.2 Å². The van der Waals surface area contributed by atoms with Crippen LogP contribution >= 0.6 is 0 Å². The smallest absolute Gasteiger partial charge is 0.279 e. The zero-order valence-electron chi connectivity index (χ0n) is 18.7. The lowest BCUT2D eigenvalue weighted by molar-refractivity contribution is -0.112. The van der Waals surface area contributed by atoms with Gasteiger partial charge in [0, 0.05) is 35.7 Å². The summed E-state index contributed by atoms with van der Waals surface area (Å²) < 4.78 is 1.97. The molecule has 0 bridgehead atoms. The SMILES string of the molecule is CCN(C(=O)C1=NN(Cc2ccccc2)C(O)c2c1c1ccccc1n2C)c1ccccc1. The molecule has 1 aliphatic heterocycles. The van der Waals surface area contributed by atoms with E-state index in [4.69, 9.17) is 5.10 Å². The third-order valence-corrected chi connectivity index (χ3v) is 6.16. The third kappa shape index (κ3) is 3.58. The van der Waals surface area contributed by atoms with Gasteiger partial charge in [-0.05, 0) is 30.7 Å². The zero-order chi connectivity index (χ0) is 22.9. The molecule has 5 rings (SSSR count). The van der Waals surface area contributed by atoms with Gasteiger partial charge in [0.2, 0.25) is 0 Å². The number of hydrogen-bond acceptors (Lipinski definition) is 4. The number of aliphatic hydroxyl groups excluding tert-OH is 1. The molecule has 166 valence electrons. The Bertz CT molecular complexity index is 1330. The van der Waals surface area contributed by atoms with Crippen molar-refractivity contribution in [3.63, 3.8) is 0 Å². The Labute approximate surface area is 193 Å². The van der Waals surface area contributed by atoms with Crippen molar-refractivity contribution >= 4 is 28.2 Å². The summed E-state index contributed by atoms with van der Waals surface area (Å²) in [6, 6.07) is 27.3. The Morgan fingerprint density at radius 1 is 0.970 bits per heavy atom. The molecular weight excluding hydrogens is 412 g/mol. The predicted molar refractivity (Wildman–Crippen MR) is 131 cm³/mol. The molecule has 1 amide bonds. The van der Waals surface area contributed by atoms with Crippen LogP contribution in [0.4, 0.5) is 5.69 Å². The minimum Gasteiger partial charge on any atom is -0.367 e. The minimum absolute atomic E-state index is 0.189. The molecule has 4 aromatic rings. The fraction of sp³-hybridized carbons (Fsp3) is 0.185. The van der Waals surface area contributed by atoms with Gasteiger partial charge in [0.1, 0.15) is 0 Å². The fourth-order valence-corrected chi connectivity index (χ4v) is 4.56. The molecule has 1 atom stereocenters. The lowest BCUT2D eigenvalue weighted by Crippen LogP contribution is -2.42. The van der Waals surface area contributed by atoms with Crippen molar-refractivity contribution in [1.82, 2.24) is 9.58 Å². The molecule has 33 heavy (non-hydrogen) atoms. The minimum atomic E-state index is -0.971. The van der Waals surface area contributed by atoms with Crippen molar-refractivity contribution < 1.29 is 9.90 Å². The van der Waals surface area contributed by atoms with Gasteiger partial charge in [-0.15, -0.1) is 0 Å². The van der Waals surface area contributed by atoms with Gasteiger partial charge >= 0.3 is 0 Å². The molecule has 0 saturated heterocycles. The molecular formula is C27H26N4O2. The second kappa shape index (κ2) is 8.56. The monoisotopic (exact) mass is 438 g/mol. The molecule has 1 N–H and O–H groups in total. The van der Waals surface area contributed by atoms with Crippen molar-refractivity contribution in [2.75, 3.05) is 11.4 Å². The Morgan fingerprint density at radius 3 is 2.30 bits per heavy atom. The number of fused-ring (bicyclic) bond motifs is 3. The molecule has 1 unspecified atom stereocenters. The van der Waals surface area contributed by atoms with E-state index >= 15 is 0 Å². The second-order valence-electron chi connectivity index (χ2n) is 8.13. The molecule has 6 heteroatoms. The highest BCUT2D eigenvalue weighted by Gasteiger charge is 2.37. The standard InChI is InChI=1S/C27H26N4O2/c1-3-30(20-14-8-5-9-15-20)26(32)24-23-21-16-10-11-17-22(21)29(2)25(23)27(33)31(28-24)18-19-12-6-4-7-13-19/h4-17,27,33H,3,18H2,1-2H3. The number of para-hydroxylation sites is 2. The summed E-state index contributed by atoms with van der Waals surface area (Å²) in [6.45, 7) is 2.84. The van der Waals surface area contributed by atoms with Crippen LogP contribution in [0.5, 0.6) is 0 Å². The highest BCUT2D eigenvalue weighted by Crippen LogP contribution is 2.36. The Balaban J connectivity index is 1.67. The van der Waals surface area contributed by atoms with Crippen LogP contribution in [-0.4, -0.2) is 32.8 Å². The van der Waals surface area contributed by atoms with E-state index in [0.29, 0.717) is 30.1 Å². The lowest BCUT2D eigenvalue weighted by Gasteiger charge is -2.32. The van der Waals surface area contributed by atoms with Crippen molar-refractivity contribution in [3.8, 4) is 0 Å². The summed E-state index contributed by atoms with van der Waals surface area (Å²) in [4.78, 5) is 15.7. The highest BCUT2D eigenvalue weighted by atomic mass is 16.3. The van der Waals surface area contributed by atoms with Gasteiger partial charge in [-0.3, -0.25) is 9.80 Å². The number of hydrazone groups is 1. The van der Waals surface area contributed by atoms with Crippen LogP contribution in [0, 0.1) is 0 Å². The number of carbonyl (C=O) groups is 1. The summed E-state index contributed by atoms with van der Waals surface area (Å²) in [7, 11) is 1.92. The van der Waals surface area contributed by atoms with Crippen molar-refractivity contribution in [3.05, 3.63) is 102 Å². The van der Waals surface area contributed by atoms with Crippen molar-refractivity contribution in [1.29, 1.82) is 0 Å². The number of aliphatic hydroxyl groups is 1. The summed E-state index contributed by atoms with van der Waals surface area (Å²) >= 11 is 0. The van der Waals surface area contributed by atoms with Gasteiger partial charge < -0.3 is 14.6 Å². The normalized spacial score (nSPS) is 15.3. The number of aromatic nitrogens is 1. The number of carbonyl (C=O) groups excluding carboxylic acids is 1. The number of amides is 1. The average molecular weight is 439 g/mol. The topological polar surface area (TPSA) is 61.1 Å². The number of likely N-dealkylation sites (N-methyl/N-ethyl adjacent to an activating group) is 1. The first-order valence-corrected chi connectivity index (χ1v) is 11.1. The fourth-order valence-electron chi connectivity index (χ4n) is 4.56. The molecule has 6 nitrogen and oxygen atoms in total. The highest BCUT2D eigenvalue weighted by molar-refractivity contribution is 6.51. The maximum absolute atomic E-state index is 13.9. The number of hydrogen-bond donors (Lipinski definition) is 1. The van der Waals surface area contributed by atoms with Crippen LogP contribution in [0.15, 0.2) is 90.0 Å². The van der Waals surface area contributed by atoms with Crippen LogP contribution in [0.25, 0.3) is 10.9 Å². The van der Waals surface area contributed by atoms with Gasteiger partial charge in [0.25, 0.3) is 5.91 Å². The van der Waals surface area contributed by atoms with Crippen LogP contribution in [0.1, 0.15) is 30.0 Å². The van der Waals surface area contributed by atoms with Crippen LogP contribution in [0.3, 0.4) is 0 Å². The van der Waals surface area contributed by atoms with E-state index < -0.39 is 6.23 Å². The Hall–Kier alpha value is -3.90. The first-order chi connectivity index (χ1) is 16.1. The van der Waals surface area contributed by atoms with Gasteiger partial charge in [-0.25, -0.2) is 0 Å². The Morgan fingerprint density at radius 2 is 1.61 bits per heavy atom. The van der Waals surface area contributed by atoms with E-state index in [9.17, 15) is 9.90 Å². The van der Waals surface area contributed by atoms with Gasteiger partial charge in [0.15, 0.2) is 11.9 Å². The molecule has 1 aromatic heterocycles. The zero-order valence-corrected chi connectivity index (χ0v) is 18.7. The average Bonchev–Trinajstić information content (AvgIpc) is 3.15. The van der Waals surface area contributed by atoms with Crippen LogP contribution < -0.4 is 4.90 Å². The molecule has 2 heterocycles. The summed E-state index contributed by atoms with van der Waals surface area (Å²) in [5, 5.41) is 18.6. The quantitative estimate of drug-likeness (QED) is 0.501. The molecule has 0 aliphatic carbocycles. The van der Waals surface area contributed by atoms with E-state index in [2.05, 4.69) is 0 Å². The molecule has 3 aromatic carbocycles. The molecule has 1 aliphatic rings. The largest absolute Gasteiger partial charge is 0.367 e. The number of benzene rings is 3. The number of rotatable bonds is 5. The number of nitrogens with zero attached hydrogens (tertiary/aromatic N) is 4. The van der Waals surface area contributed by atoms with Crippen molar-refractivity contribution in [2.24, 2.45) is 12.1 Å². The number of anilines is 1. The maximum Gasteiger partial charge on any atom is 0.279 e. The first kappa shape index (κ1) is 21.0. The van der Waals surface area contributed by atoms with Crippen molar-refractivity contribution in [2.45, 2.75) is 19.7 Å². The third-order valence-electron chi connectivity index (χ3n) is 6.16. The van der Waals surface area contributed by atoms with E-state index in [-0.39, 0.29) is 5.91 Å². The van der Waals surface area contributed by atoms with E-state index in [1.807, 2.05) is 103 Å². The number of aryl methyl sites for hydroxylation is 1. The summed E-state index contributed by atoms with van der Waals surface area (Å²) in [5.74, 6) is -0.189. The molecule has 0 fully saturated rings. The second-order valence-corrected chi connectivity index (χ2v) is 8.13. The van der Waals surface area contributed by atoms with E-state index in [1.54, 1.807) is 9.91 Å². The first-order valence-electron chi connectivity index (χ1n) is 11.1. The molecule has 0 radical (unpaired) electrons.